The minimum absolute atomic E-state index is 0.0586. The maximum atomic E-state index is 12.3. The normalized spacial score (nSPS) is 21.1. The summed E-state index contributed by atoms with van der Waals surface area (Å²) in [4.78, 5) is 26.4. The molecule has 1 N–H and O–H groups in total. The fourth-order valence-corrected chi connectivity index (χ4v) is 3.60. The summed E-state index contributed by atoms with van der Waals surface area (Å²) >= 11 is 0. The van der Waals surface area contributed by atoms with Crippen molar-refractivity contribution in [1.29, 1.82) is 0 Å². The molecule has 1 spiro atoms. The molecule has 2 fully saturated rings. The van der Waals surface area contributed by atoms with Gasteiger partial charge >= 0.3 is 12.0 Å². The van der Waals surface area contributed by atoms with Crippen LogP contribution in [0, 0.1) is 5.41 Å². The largest absolute Gasteiger partial charge is 0.481 e. The Bertz CT molecular complexity index is 354. The van der Waals surface area contributed by atoms with E-state index in [1.54, 1.807) is 11.9 Å². The van der Waals surface area contributed by atoms with Crippen molar-refractivity contribution in [1.82, 2.24) is 9.80 Å². The summed E-state index contributed by atoms with van der Waals surface area (Å²) in [6.45, 7) is 2.25. The molecule has 0 aromatic carbocycles. The Labute approximate surface area is 120 Å². The Morgan fingerprint density at radius 2 is 1.75 bits per heavy atom. The monoisotopic (exact) mass is 282 g/mol. The van der Waals surface area contributed by atoms with Gasteiger partial charge in [0.1, 0.15) is 0 Å². The highest BCUT2D eigenvalue weighted by atomic mass is 16.4. The summed E-state index contributed by atoms with van der Waals surface area (Å²) in [7, 11) is 1.77. The van der Waals surface area contributed by atoms with Gasteiger partial charge in [-0.25, -0.2) is 4.79 Å². The van der Waals surface area contributed by atoms with Gasteiger partial charge < -0.3 is 14.9 Å². The van der Waals surface area contributed by atoms with E-state index in [2.05, 4.69) is 0 Å². The zero-order chi connectivity index (χ0) is 14.6. The molecule has 0 bridgehead atoms. The second kappa shape index (κ2) is 6.46. The molecular formula is C15H26N2O3. The van der Waals surface area contributed by atoms with Crippen molar-refractivity contribution in [3.8, 4) is 0 Å². The van der Waals surface area contributed by atoms with Gasteiger partial charge in [-0.05, 0) is 37.5 Å². The third kappa shape index (κ3) is 3.64. The summed E-state index contributed by atoms with van der Waals surface area (Å²) in [6.07, 6.45) is 8.30. The van der Waals surface area contributed by atoms with Crippen LogP contribution in [0.1, 0.15) is 51.4 Å². The van der Waals surface area contributed by atoms with Gasteiger partial charge in [-0.3, -0.25) is 4.79 Å². The van der Waals surface area contributed by atoms with Crippen molar-refractivity contribution >= 4 is 12.0 Å². The van der Waals surface area contributed by atoms with E-state index in [0.29, 0.717) is 18.4 Å². The van der Waals surface area contributed by atoms with Crippen LogP contribution in [-0.4, -0.2) is 53.6 Å². The average molecular weight is 282 g/mol. The number of hydrogen-bond acceptors (Lipinski definition) is 2. The second-order valence-corrected chi connectivity index (χ2v) is 6.40. The van der Waals surface area contributed by atoms with E-state index in [0.717, 1.165) is 25.9 Å². The zero-order valence-electron chi connectivity index (χ0n) is 12.4. The van der Waals surface area contributed by atoms with Gasteiger partial charge in [-0.2, -0.15) is 0 Å². The quantitative estimate of drug-likeness (QED) is 0.862. The Balaban J connectivity index is 1.74. The first-order valence-corrected chi connectivity index (χ1v) is 7.74. The lowest BCUT2D eigenvalue weighted by Gasteiger charge is -2.40. The summed E-state index contributed by atoms with van der Waals surface area (Å²) in [6, 6.07) is 0.0586. The Morgan fingerprint density at radius 1 is 1.15 bits per heavy atom. The topological polar surface area (TPSA) is 60.9 Å². The highest BCUT2D eigenvalue weighted by molar-refractivity contribution is 5.74. The lowest BCUT2D eigenvalue weighted by Crippen LogP contribution is -2.47. The van der Waals surface area contributed by atoms with Crippen molar-refractivity contribution in [2.45, 2.75) is 51.4 Å². The maximum Gasteiger partial charge on any atom is 0.319 e. The molecule has 2 rings (SSSR count). The van der Waals surface area contributed by atoms with Gasteiger partial charge in [0, 0.05) is 33.1 Å². The lowest BCUT2D eigenvalue weighted by atomic mass is 9.77. The number of piperidine rings is 1. The number of nitrogens with zero attached hydrogens (tertiary/aromatic N) is 2. The van der Waals surface area contributed by atoms with Crippen LogP contribution in [0.4, 0.5) is 4.79 Å². The van der Waals surface area contributed by atoms with Gasteiger partial charge in [0.25, 0.3) is 0 Å². The number of urea groups is 1. The smallest absolute Gasteiger partial charge is 0.319 e. The molecule has 2 aliphatic rings. The fourth-order valence-electron chi connectivity index (χ4n) is 3.60. The van der Waals surface area contributed by atoms with Gasteiger partial charge in [-0.15, -0.1) is 0 Å². The number of rotatable bonds is 4. The van der Waals surface area contributed by atoms with Crippen LogP contribution >= 0.6 is 0 Å². The van der Waals surface area contributed by atoms with E-state index < -0.39 is 5.97 Å². The number of carboxylic acids is 1. The highest BCUT2D eigenvalue weighted by Crippen LogP contribution is 2.46. The first-order valence-electron chi connectivity index (χ1n) is 7.74. The van der Waals surface area contributed by atoms with Gasteiger partial charge in [0.15, 0.2) is 0 Å². The summed E-state index contributed by atoms with van der Waals surface area (Å²) in [5, 5.41) is 8.62. The average Bonchev–Trinajstić information content (AvgIpc) is 2.86. The SMILES string of the molecule is CN(CCCC(=O)O)C(=O)N1CCC2(CCCC2)CC1. The molecule has 1 saturated heterocycles. The minimum atomic E-state index is -0.799. The number of carbonyl (C=O) groups is 2. The fraction of sp³-hybridized carbons (Fsp3) is 0.867. The predicted molar refractivity (Wildman–Crippen MR) is 76.6 cm³/mol. The van der Waals surface area contributed by atoms with Gasteiger partial charge in [-0.1, -0.05) is 12.8 Å². The molecule has 114 valence electrons. The number of carboxylic acid groups (broad SMARTS) is 1. The van der Waals surface area contributed by atoms with E-state index in [1.165, 1.54) is 25.7 Å². The molecule has 20 heavy (non-hydrogen) atoms. The summed E-state index contributed by atoms with van der Waals surface area (Å²) < 4.78 is 0. The Morgan fingerprint density at radius 3 is 2.30 bits per heavy atom. The van der Waals surface area contributed by atoms with Crippen molar-refractivity contribution < 1.29 is 14.7 Å². The lowest BCUT2D eigenvalue weighted by molar-refractivity contribution is -0.137. The molecule has 2 amide bonds. The molecule has 0 unspecified atom stereocenters. The summed E-state index contributed by atoms with van der Waals surface area (Å²) in [5.74, 6) is -0.799. The van der Waals surface area contributed by atoms with E-state index in [4.69, 9.17) is 5.11 Å². The van der Waals surface area contributed by atoms with E-state index in [1.807, 2.05) is 4.90 Å². The Hall–Kier alpha value is -1.26. The number of aliphatic carboxylic acids is 1. The van der Waals surface area contributed by atoms with Crippen LogP contribution in [0.3, 0.4) is 0 Å². The minimum Gasteiger partial charge on any atom is -0.481 e. The third-order valence-corrected chi connectivity index (χ3v) is 4.97. The van der Waals surface area contributed by atoms with Crippen LogP contribution in [0.2, 0.25) is 0 Å². The van der Waals surface area contributed by atoms with Crippen molar-refractivity contribution in [2.24, 2.45) is 5.41 Å². The number of hydrogen-bond donors (Lipinski definition) is 1. The van der Waals surface area contributed by atoms with E-state index >= 15 is 0 Å². The first kappa shape index (κ1) is 15.1. The van der Waals surface area contributed by atoms with Crippen LogP contribution < -0.4 is 0 Å². The molecule has 5 heteroatoms. The second-order valence-electron chi connectivity index (χ2n) is 6.40. The molecule has 1 aliphatic carbocycles. The standard InChI is InChI=1S/C15H26N2O3/c1-16(10-4-5-13(18)19)14(20)17-11-8-15(9-12-17)6-2-3-7-15/h2-12H2,1H3,(H,18,19). The number of likely N-dealkylation sites (tertiary alicyclic amines) is 1. The predicted octanol–water partition coefficient (Wildman–Crippen LogP) is 2.56. The van der Waals surface area contributed by atoms with Gasteiger partial charge in [0.05, 0.1) is 0 Å². The zero-order valence-corrected chi connectivity index (χ0v) is 12.4. The number of carbonyl (C=O) groups excluding carboxylic acids is 1. The summed E-state index contributed by atoms with van der Waals surface area (Å²) in [5.41, 5.74) is 0.526. The van der Waals surface area contributed by atoms with Crippen molar-refractivity contribution in [2.75, 3.05) is 26.7 Å². The molecule has 0 aromatic heterocycles. The molecular weight excluding hydrogens is 256 g/mol. The van der Waals surface area contributed by atoms with Crippen molar-refractivity contribution in [3.05, 3.63) is 0 Å². The van der Waals surface area contributed by atoms with Crippen LogP contribution in [-0.2, 0) is 4.79 Å². The molecule has 0 atom stereocenters. The van der Waals surface area contributed by atoms with Crippen LogP contribution in [0.25, 0.3) is 0 Å². The Kier molecular flexibility index (Phi) is 4.89. The number of amides is 2. The van der Waals surface area contributed by atoms with E-state index in [9.17, 15) is 9.59 Å². The first-order chi connectivity index (χ1) is 9.52. The van der Waals surface area contributed by atoms with Gasteiger partial charge in [0.2, 0.25) is 0 Å². The van der Waals surface area contributed by atoms with Crippen LogP contribution in [0.5, 0.6) is 0 Å². The third-order valence-electron chi connectivity index (χ3n) is 4.97. The molecule has 1 heterocycles. The van der Waals surface area contributed by atoms with Crippen LogP contribution in [0.15, 0.2) is 0 Å². The maximum absolute atomic E-state index is 12.3. The molecule has 0 radical (unpaired) electrons. The molecule has 5 nitrogen and oxygen atoms in total. The van der Waals surface area contributed by atoms with Crippen molar-refractivity contribution in [3.63, 3.8) is 0 Å². The molecule has 1 aliphatic heterocycles. The highest BCUT2D eigenvalue weighted by Gasteiger charge is 2.38. The van der Waals surface area contributed by atoms with E-state index in [-0.39, 0.29) is 12.5 Å². The molecule has 0 aromatic rings. The molecule has 1 saturated carbocycles.